The zero-order valence-corrected chi connectivity index (χ0v) is 14.4. The molecule has 0 bridgehead atoms. The molecule has 1 aromatic carbocycles. The van der Waals surface area contributed by atoms with Gasteiger partial charge in [-0.05, 0) is 55.7 Å². The number of halogens is 1. The van der Waals surface area contributed by atoms with Crippen LogP contribution in [0.25, 0.3) is 5.65 Å². The molecule has 3 heterocycles. The highest BCUT2D eigenvalue weighted by Gasteiger charge is 2.26. The minimum Gasteiger partial charge on any atom is -0.362 e. The van der Waals surface area contributed by atoms with E-state index in [1.165, 1.54) is 11.3 Å². The average molecular weight is 340 g/mol. The Kier molecular flexibility index (Phi) is 3.57. The molecule has 1 aliphatic rings. The summed E-state index contributed by atoms with van der Waals surface area (Å²) in [5.74, 6) is 0. The van der Waals surface area contributed by atoms with E-state index < -0.39 is 0 Å². The highest BCUT2D eigenvalue weighted by atomic mass is 35.5. The van der Waals surface area contributed by atoms with Crippen molar-refractivity contribution in [1.29, 1.82) is 0 Å². The molecule has 4 nitrogen and oxygen atoms in total. The number of anilines is 1. The molecule has 1 unspecified atom stereocenters. The highest BCUT2D eigenvalue weighted by Crippen LogP contribution is 2.34. The van der Waals surface area contributed by atoms with Crippen LogP contribution in [0.15, 0.2) is 47.4 Å². The third kappa shape index (κ3) is 2.47. The molecule has 0 spiro atoms. The molecule has 122 valence electrons. The average Bonchev–Trinajstić information content (AvgIpc) is 2.83. The van der Waals surface area contributed by atoms with Crippen molar-refractivity contribution in [2.45, 2.75) is 32.9 Å². The maximum absolute atomic E-state index is 12.4. The lowest BCUT2D eigenvalue weighted by Gasteiger charge is -2.24. The highest BCUT2D eigenvalue weighted by molar-refractivity contribution is 6.30. The Hall–Kier alpha value is -2.33. The van der Waals surface area contributed by atoms with Gasteiger partial charge in [0, 0.05) is 29.0 Å². The molecule has 5 heteroatoms. The van der Waals surface area contributed by atoms with E-state index in [2.05, 4.69) is 17.9 Å². The molecule has 24 heavy (non-hydrogen) atoms. The molecule has 0 saturated carbocycles. The molecule has 0 aliphatic carbocycles. The van der Waals surface area contributed by atoms with Gasteiger partial charge in [-0.25, -0.2) is 4.98 Å². The van der Waals surface area contributed by atoms with E-state index in [9.17, 15) is 4.79 Å². The van der Waals surface area contributed by atoms with Gasteiger partial charge in [-0.15, -0.1) is 0 Å². The summed E-state index contributed by atoms with van der Waals surface area (Å²) in [5, 5.41) is 0.764. The van der Waals surface area contributed by atoms with Crippen LogP contribution in [0.5, 0.6) is 0 Å². The van der Waals surface area contributed by atoms with Gasteiger partial charge in [-0.3, -0.25) is 9.20 Å². The molecule has 4 rings (SSSR count). The number of pyridine rings is 1. The minimum atomic E-state index is -0.0399. The Bertz CT molecular complexity index is 996. The van der Waals surface area contributed by atoms with Crippen molar-refractivity contribution in [1.82, 2.24) is 9.38 Å². The maximum atomic E-state index is 12.4. The van der Waals surface area contributed by atoms with E-state index in [0.717, 1.165) is 28.3 Å². The molecule has 0 amide bonds. The first kappa shape index (κ1) is 15.2. The van der Waals surface area contributed by atoms with Crippen molar-refractivity contribution in [3.05, 3.63) is 74.8 Å². The van der Waals surface area contributed by atoms with Gasteiger partial charge in [-0.1, -0.05) is 17.7 Å². The molecular weight excluding hydrogens is 322 g/mol. The summed E-state index contributed by atoms with van der Waals surface area (Å²) in [6.45, 7) is 4.78. The van der Waals surface area contributed by atoms with Crippen molar-refractivity contribution in [2.24, 2.45) is 0 Å². The summed E-state index contributed by atoms with van der Waals surface area (Å²) in [6.07, 6.45) is 2.72. The smallest absolute Gasteiger partial charge is 0.258 e. The molecule has 0 saturated heterocycles. The first-order valence-electron chi connectivity index (χ1n) is 8.06. The Labute approximate surface area is 145 Å². The monoisotopic (exact) mass is 339 g/mol. The van der Waals surface area contributed by atoms with E-state index >= 15 is 0 Å². The Morgan fingerprint density at radius 1 is 1.29 bits per heavy atom. The molecular formula is C19H18ClN3O. The largest absolute Gasteiger partial charge is 0.362 e. The maximum Gasteiger partial charge on any atom is 0.258 e. The second-order valence-corrected chi connectivity index (χ2v) is 6.86. The van der Waals surface area contributed by atoms with Gasteiger partial charge in [0.05, 0.1) is 12.2 Å². The van der Waals surface area contributed by atoms with Gasteiger partial charge in [0.25, 0.3) is 5.56 Å². The lowest BCUT2D eigenvalue weighted by Crippen LogP contribution is -2.30. The van der Waals surface area contributed by atoms with Gasteiger partial charge in [0.15, 0.2) is 0 Å². The summed E-state index contributed by atoms with van der Waals surface area (Å²) >= 11 is 6.11. The van der Waals surface area contributed by atoms with Gasteiger partial charge in [-0.2, -0.15) is 0 Å². The van der Waals surface area contributed by atoms with Gasteiger partial charge < -0.3 is 4.90 Å². The summed E-state index contributed by atoms with van der Waals surface area (Å²) in [5.41, 5.74) is 4.91. The minimum absolute atomic E-state index is 0.0399. The van der Waals surface area contributed by atoms with Crippen LogP contribution in [-0.2, 0) is 13.0 Å². The first-order valence-corrected chi connectivity index (χ1v) is 8.44. The molecule has 0 fully saturated rings. The predicted octanol–water partition coefficient (Wildman–Crippen LogP) is 3.61. The summed E-state index contributed by atoms with van der Waals surface area (Å²) < 4.78 is 1.60. The molecule has 1 atom stereocenters. The standard InChI is InChI=1S/C19H18ClN3O/c1-12-4-3-7-22-18(24)10-16(21-19(12)22)11-23-13(2)8-14-9-15(20)5-6-17(14)23/h3-7,9-10,13H,8,11H2,1-2H3. The molecule has 0 N–H and O–H groups in total. The number of fused-ring (bicyclic) bond motifs is 2. The quantitative estimate of drug-likeness (QED) is 0.716. The molecule has 1 aliphatic heterocycles. The van der Waals surface area contributed by atoms with Gasteiger partial charge in [0.1, 0.15) is 5.65 Å². The fraction of sp³-hybridized carbons (Fsp3) is 0.263. The van der Waals surface area contributed by atoms with Crippen LogP contribution in [0.3, 0.4) is 0 Å². The second-order valence-electron chi connectivity index (χ2n) is 6.42. The van der Waals surface area contributed by atoms with Crippen molar-refractivity contribution in [3.8, 4) is 0 Å². The van der Waals surface area contributed by atoms with Crippen molar-refractivity contribution < 1.29 is 0 Å². The van der Waals surface area contributed by atoms with Crippen LogP contribution >= 0.6 is 11.6 Å². The van der Waals surface area contributed by atoms with Crippen molar-refractivity contribution in [2.75, 3.05) is 4.90 Å². The summed E-state index contributed by atoms with van der Waals surface area (Å²) in [7, 11) is 0. The van der Waals surface area contributed by atoms with E-state index in [1.54, 1.807) is 16.7 Å². The number of aryl methyl sites for hydroxylation is 1. The summed E-state index contributed by atoms with van der Waals surface area (Å²) in [6, 6.07) is 11.8. The van der Waals surface area contributed by atoms with Crippen molar-refractivity contribution in [3.63, 3.8) is 0 Å². The third-order valence-corrected chi connectivity index (χ3v) is 4.91. The number of aromatic nitrogens is 2. The van der Waals surface area contributed by atoms with Crippen LogP contribution in [0.4, 0.5) is 5.69 Å². The molecule has 3 aromatic rings. The number of benzene rings is 1. The van der Waals surface area contributed by atoms with Gasteiger partial charge in [0.2, 0.25) is 0 Å². The van der Waals surface area contributed by atoms with Crippen molar-refractivity contribution >= 4 is 22.9 Å². The van der Waals surface area contributed by atoms with E-state index in [0.29, 0.717) is 12.6 Å². The number of nitrogens with zero attached hydrogens (tertiary/aromatic N) is 3. The SMILES string of the molecule is Cc1cccn2c(=O)cc(CN3c4ccc(Cl)cc4CC3C)nc12. The van der Waals surface area contributed by atoms with Crippen LogP contribution in [0.1, 0.15) is 23.7 Å². The normalized spacial score (nSPS) is 16.6. The third-order valence-electron chi connectivity index (χ3n) is 4.67. The second kappa shape index (κ2) is 5.64. The zero-order chi connectivity index (χ0) is 16.8. The lowest BCUT2D eigenvalue weighted by atomic mass is 10.1. The predicted molar refractivity (Wildman–Crippen MR) is 97.0 cm³/mol. The lowest BCUT2D eigenvalue weighted by molar-refractivity contribution is 0.664. The topological polar surface area (TPSA) is 37.6 Å². The Morgan fingerprint density at radius 3 is 2.96 bits per heavy atom. The number of rotatable bonds is 2. The zero-order valence-electron chi connectivity index (χ0n) is 13.7. The van der Waals surface area contributed by atoms with E-state index in [-0.39, 0.29) is 5.56 Å². The number of hydrogen-bond donors (Lipinski definition) is 0. The van der Waals surface area contributed by atoms with Crippen LogP contribution < -0.4 is 10.5 Å². The van der Waals surface area contributed by atoms with E-state index in [1.807, 2.05) is 31.2 Å². The molecule has 0 radical (unpaired) electrons. The Morgan fingerprint density at radius 2 is 2.12 bits per heavy atom. The van der Waals surface area contributed by atoms with Crippen LogP contribution in [-0.4, -0.2) is 15.4 Å². The number of hydrogen-bond acceptors (Lipinski definition) is 3. The van der Waals surface area contributed by atoms with Gasteiger partial charge >= 0.3 is 0 Å². The fourth-order valence-corrected chi connectivity index (χ4v) is 3.66. The van der Waals surface area contributed by atoms with Crippen LogP contribution in [0, 0.1) is 6.92 Å². The fourth-order valence-electron chi connectivity index (χ4n) is 3.47. The van der Waals surface area contributed by atoms with E-state index in [4.69, 9.17) is 16.6 Å². The van der Waals surface area contributed by atoms with Crippen LogP contribution in [0.2, 0.25) is 5.02 Å². The summed E-state index contributed by atoms with van der Waals surface area (Å²) in [4.78, 5) is 19.4. The Balaban J connectivity index is 1.75. The first-order chi connectivity index (χ1) is 11.5. The molecule has 2 aromatic heterocycles.